The SMILES string of the molecule is CCN(C)Cc1cccc(C)c1PC(CC)(CC)c1cc(C)ccc1O. The van der Waals surface area contributed by atoms with Crippen LogP contribution < -0.4 is 5.30 Å². The van der Waals surface area contributed by atoms with E-state index in [-0.39, 0.29) is 5.16 Å². The van der Waals surface area contributed by atoms with Crippen LogP contribution in [-0.2, 0) is 11.7 Å². The smallest absolute Gasteiger partial charge is 0.119 e. The molecule has 1 atom stereocenters. The predicted octanol–water partition coefficient (Wildman–Crippen LogP) is 5.48. The molecule has 0 amide bonds. The van der Waals surface area contributed by atoms with Crippen LogP contribution in [0.3, 0.4) is 0 Å². The Hall–Kier alpha value is -1.37. The third-order valence-electron chi connectivity index (χ3n) is 5.58. The van der Waals surface area contributed by atoms with Crippen molar-refractivity contribution in [2.24, 2.45) is 0 Å². The number of aromatic hydroxyl groups is 1. The lowest BCUT2D eigenvalue weighted by atomic mass is 9.91. The molecule has 0 aliphatic carbocycles. The molecule has 142 valence electrons. The zero-order valence-corrected chi connectivity index (χ0v) is 18.2. The molecule has 2 aromatic rings. The zero-order chi connectivity index (χ0) is 19.3. The Labute approximate surface area is 161 Å². The highest BCUT2D eigenvalue weighted by Gasteiger charge is 2.32. The second-order valence-electron chi connectivity index (χ2n) is 7.37. The zero-order valence-electron chi connectivity index (χ0n) is 17.2. The van der Waals surface area contributed by atoms with Crippen molar-refractivity contribution in [2.45, 2.75) is 59.2 Å². The van der Waals surface area contributed by atoms with Gasteiger partial charge in [-0.3, -0.25) is 0 Å². The van der Waals surface area contributed by atoms with Crippen LogP contribution in [0, 0.1) is 13.8 Å². The van der Waals surface area contributed by atoms with Crippen molar-refractivity contribution in [2.75, 3.05) is 13.6 Å². The van der Waals surface area contributed by atoms with E-state index in [2.05, 4.69) is 70.8 Å². The number of benzene rings is 2. The van der Waals surface area contributed by atoms with Crippen LogP contribution in [0.5, 0.6) is 5.75 Å². The number of phenolic OH excluding ortho intramolecular Hbond substituents is 1. The minimum atomic E-state index is -0.0122. The second-order valence-corrected chi connectivity index (χ2v) is 9.08. The molecule has 0 radical (unpaired) electrons. The van der Waals surface area contributed by atoms with Crippen LogP contribution in [0.15, 0.2) is 36.4 Å². The van der Waals surface area contributed by atoms with Crippen LogP contribution in [0.1, 0.15) is 55.9 Å². The lowest BCUT2D eigenvalue weighted by Gasteiger charge is -2.35. The molecule has 0 heterocycles. The Bertz CT molecular complexity index is 737. The van der Waals surface area contributed by atoms with Gasteiger partial charge >= 0.3 is 0 Å². The van der Waals surface area contributed by atoms with Crippen molar-refractivity contribution in [1.82, 2.24) is 4.90 Å². The van der Waals surface area contributed by atoms with Crippen molar-refractivity contribution in [1.29, 1.82) is 0 Å². The standard InChI is InChI=1S/C23H34NOP/c1-7-23(8-2,20-15-17(4)13-14-21(20)25)26-22-18(5)11-10-12-19(22)16-24(6)9-3/h10-15,25-26H,7-9,16H2,1-6H3. The molecular formula is C23H34NOP. The molecule has 0 bridgehead atoms. The molecule has 3 heteroatoms. The molecule has 2 rings (SSSR count). The number of rotatable bonds is 8. The fourth-order valence-corrected chi connectivity index (χ4v) is 5.36. The van der Waals surface area contributed by atoms with Crippen molar-refractivity contribution in [3.63, 3.8) is 0 Å². The van der Waals surface area contributed by atoms with Crippen molar-refractivity contribution in [3.05, 3.63) is 58.7 Å². The van der Waals surface area contributed by atoms with Crippen molar-refractivity contribution < 1.29 is 5.11 Å². The van der Waals surface area contributed by atoms with E-state index in [0.717, 1.165) is 31.5 Å². The van der Waals surface area contributed by atoms with Gasteiger partial charge in [0.15, 0.2) is 0 Å². The molecule has 2 aromatic carbocycles. The number of hydrogen-bond acceptors (Lipinski definition) is 2. The van der Waals surface area contributed by atoms with Crippen LogP contribution >= 0.6 is 8.58 Å². The van der Waals surface area contributed by atoms with Gasteiger partial charge in [-0.2, -0.15) is 0 Å². The summed E-state index contributed by atoms with van der Waals surface area (Å²) in [7, 11) is 2.82. The number of hydrogen-bond donors (Lipinski definition) is 1. The number of phenols is 1. The van der Waals surface area contributed by atoms with Gasteiger partial charge in [0.05, 0.1) is 0 Å². The third-order valence-corrected chi connectivity index (χ3v) is 8.00. The lowest BCUT2D eigenvalue weighted by Crippen LogP contribution is -2.27. The summed E-state index contributed by atoms with van der Waals surface area (Å²) in [6.45, 7) is 13.1. The van der Waals surface area contributed by atoms with Crippen molar-refractivity contribution >= 4 is 13.9 Å². The van der Waals surface area contributed by atoms with Crippen LogP contribution in [-0.4, -0.2) is 23.6 Å². The van der Waals surface area contributed by atoms with Crippen LogP contribution in [0.25, 0.3) is 0 Å². The maximum atomic E-state index is 10.6. The Morgan fingerprint density at radius 2 is 1.73 bits per heavy atom. The highest BCUT2D eigenvalue weighted by molar-refractivity contribution is 7.48. The van der Waals surface area contributed by atoms with Gasteiger partial charge in [-0.15, -0.1) is 0 Å². The summed E-state index contributed by atoms with van der Waals surface area (Å²) in [6, 6.07) is 12.7. The summed E-state index contributed by atoms with van der Waals surface area (Å²) in [4.78, 5) is 2.35. The van der Waals surface area contributed by atoms with Gasteiger partial charge in [0.1, 0.15) is 5.75 Å². The fraction of sp³-hybridized carbons (Fsp3) is 0.478. The molecule has 0 aliphatic rings. The van der Waals surface area contributed by atoms with E-state index in [1.165, 1.54) is 22.0 Å². The Kier molecular flexibility index (Phi) is 7.26. The molecule has 0 spiro atoms. The molecule has 0 aromatic heterocycles. The van der Waals surface area contributed by atoms with Gasteiger partial charge in [-0.25, -0.2) is 0 Å². The quantitative estimate of drug-likeness (QED) is 0.621. The minimum Gasteiger partial charge on any atom is -0.508 e. The largest absolute Gasteiger partial charge is 0.508 e. The summed E-state index contributed by atoms with van der Waals surface area (Å²) >= 11 is 0. The summed E-state index contributed by atoms with van der Waals surface area (Å²) < 4.78 is 0. The molecule has 0 fully saturated rings. The maximum absolute atomic E-state index is 10.6. The Morgan fingerprint density at radius 1 is 1.04 bits per heavy atom. The summed E-state index contributed by atoms with van der Waals surface area (Å²) in [5, 5.41) is 12.1. The van der Waals surface area contributed by atoms with E-state index in [1.54, 1.807) is 0 Å². The first-order valence-electron chi connectivity index (χ1n) is 9.72. The summed E-state index contributed by atoms with van der Waals surface area (Å²) in [5.41, 5.74) is 5.11. The minimum absolute atomic E-state index is 0.0122. The van der Waals surface area contributed by atoms with E-state index in [4.69, 9.17) is 0 Å². The first-order chi connectivity index (χ1) is 12.4. The number of aryl methyl sites for hydroxylation is 2. The van der Waals surface area contributed by atoms with E-state index in [9.17, 15) is 5.11 Å². The van der Waals surface area contributed by atoms with Gasteiger partial charge in [0.2, 0.25) is 0 Å². The second kappa shape index (κ2) is 9.02. The fourth-order valence-electron chi connectivity index (χ4n) is 3.59. The lowest BCUT2D eigenvalue weighted by molar-refractivity contribution is 0.346. The molecule has 0 aliphatic heterocycles. The monoisotopic (exact) mass is 371 g/mol. The van der Waals surface area contributed by atoms with Gasteiger partial charge in [0.25, 0.3) is 0 Å². The molecule has 26 heavy (non-hydrogen) atoms. The summed E-state index contributed by atoms with van der Waals surface area (Å²) in [6.07, 6.45) is 2.05. The predicted molar refractivity (Wildman–Crippen MR) is 116 cm³/mol. The molecule has 2 nitrogen and oxygen atoms in total. The molecule has 0 saturated carbocycles. The Morgan fingerprint density at radius 3 is 2.35 bits per heavy atom. The Balaban J connectivity index is 2.53. The normalized spacial score (nSPS) is 12.4. The maximum Gasteiger partial charge on any atom is 0.119 e. The van der Waals surface area contributed by atoms with Crippen molar-refractivity contribution in [3.8, 4) is 5.75 Å². The topological polar surface area (TPSA) is 23.5 Å². The van der Waals surface area contributed by atoms with Gasteiger partial charge in [-0.05, 0) is 62.8 Å². The van der Waals surface area contributed by atoms with Gasteiger partial charge in [-0.1, -0.05) is 65.2 Å². The van der Waals surface area contributed by atoms with Crippen LogP contribution in [0.4, 0.5) is 0 Å². The average molecular weight is 372 g/mol. The van der Waals surface area contributed by atoms with E-state index in [1.807, 2.05) is 12.1 Å². The van der Waals surface area contributed by atoms with E-state index < -0.39 is 0 Å². The molecule has 1 unspecified atom stereocenters. The van der Waals surface area contributed by atoms with Gasteiger partial charge in [0, 0.05) is 17.3 Å². The number of nitrogens with zero attached hydrogens (tertiary/aromatic N) is 1. The molecular weight excluding hydrogens is 337 g/mol. The van der Waals surface area contributed by atoms with E-state index in [0.29, 0.717) is 14.3 Å². The van der Waals surface area contributed by atoms with Gasteiger partial charge < -0.3 is 10.0 Å². The summed E-state index contributed by atoms with van der Waals surface area (Å²) in [5.74, 6) is 0.438. The first kappa shape index (κ1) is 20.9. The highest BCUT2D eigenvalue weighted by atomic mass is 31.1. The van der Waals surface area contributed by atoms with Crippen LogP contribution in [0.2, 0.25) is 0 Å². The average Bonchev–Trinajstić information content (AvgIpc) is 2.64. The molecule has 0 saturated heterocycles. The third kappa shape index (κ3) is 4.48. The molecule has 1 N–H and O–H groups in total. The first-order valence-corrected chi connectivity index (χ1v) is 10.7. The van der Waals surface area contributed by atoms with E-state index >= 15 is 0 Å². The highest BCUT2D eigenvalue weighted by Crippen LogP contribution is 2.50.